The Morgan fingerprint density at radius 2 is 2.00 bits per heavy atom. The maximum atomic E-state index is 6.50. The van der Waals surface area contributed by atoms with E-state index in [1.807, 2.05) is 12.1 Å². The molecule has 2 unspecified atom stereocenters. The van der Waals surface area contributed by atoms with E-state index in [4.69, 9.17) is 10.5 Å². The number of rotatable bonds is 9. The van der Waals surface area contributed by atoms with E-state index in [0.29, 0.717) is 0 Å². The van der Waals surface area contributed by atoms with Crippen molar-refractivity contribution in [3.8, 4) is 5.75 Å². The monoisotopic (exact) mass is 290 g/mol. The van der Waals surface area contributed by atoms with E-state index >= 15 is 0 Å². The Morgan fingerprint density at radius 3 is 2.57 bits per heavy atom. The maximum absolute atomic E-state index is 6.50. The summed E-state index contributed by atoms with van der Waals surface area (Å²) in [6, 6.07) is 8.75. The Labute approximate surface area is 129 Å². The number of nitrogens with zero attached hydrogens (tertiary/aromatic N) is 1. The van der Waals surface area contributed by atoms with Gasteiger partial charge in [0.15, 0.2) is 0 Å². The predicted molar refractivity (Wildman–Crippen MR) is 88.6 cm³/mol. The Morgan fingerprint density at radius 1 is 1.29 bits per heavy atom. The molecule has 0 bridgehead atoms. The molecule has 3 nitrogen and oxygen atoms in total. The first-order chi connectivity index (χ1) is 10.2. The summed E-state index contributed by atoms with van der Waals surface area (Å²) in [5.41, 5.74) is 7.74. The van der Waals surface area contributed by atoms with Gasteiger partial charge in [0.05, 0.1) is 13.2 Å². The third-order valence-corrected chi connectivity index (χ3v) is 4.43. The first kappa shape index (κ1) is 16.3. The van der Waals surface area contributed by atoms with E-state index < -0.39 is 0 Å². The molecule has 3 heteroatoms. The van der Waals surface area contributed by atoms with Crippen LogP contribution in [0.2, 0.25) is 0 Å². The molecule has 0 radical (unpaired) electrons. The maximum Gasteiger partial charge on any atom is 0.123 e. The van der Waals surface area contributed by atoms with Crippen molar-refractivity contribution in [3.63, 3.8) is 0 Å². The quantitative estimate of drug-likeness (QED) is 0.755. The van der Waals surface area contributed by atoms with Gasteiger partial charge < -0.3 is 10.5 Å². The van der Waals surface area contributed by atoms with Crippen LogP contribution in [0.15, 0.2) is 24.3 Å². The summed E-state index contributed by atoms with van der Waals surface area (Å²) in [5, 5.41) is 0. The lowest BCUT2D eigenvalue weighted by Crippen LogP contribution is -2.42. The molecule has 0 saturated heterocycles. The van der Waals surface area contributed by atoms with Crippen molar-refractivity contribution in [2.45, 2.75) is 51.6 Å². The zero-order valence-electron chi connectivity index (χ0n) is 13.7. The predicted octanol–water partition coefficient (Wildman–Crippen LogP) is 3.60. The summed E-state index contributed by atoms with van der Waals surface area (Å²) < 4.78 is 5.59. The fraction of sp³-hybridized carbons (Fsp3) is 0.667. The second-order valence-corrected chi connectivity index (χ2v) is 6.20. The molecule has 1 aromatic carbocycles. The first-order valence-electron chi connectivity index (χ1n) is 8.33. The third-order valence-electron chi connectivity index (χ3n) is 4.43. The van der Waals surface area contributed by atoms with E-state index in [0.717, 1.165) is 31.1 Å². The molecule has 0 amide bonds. The molecule has 0 heterocycles. The molecule has 0 aliphatic heterocycles. The van der Waals surface area contributed by atoms with Crippen molar-refractivity contribution in [2.75, 3.05) is 20.2 Å². The van der Waals surface area contributed by atoms with Crippen LogP contribution >= 0.6 is 0 Å². The van der Waals surface area contributed by atoms with Crippen molar-refractivity contribution < 1.29 is 4.74 Å². The number of para-hydroxylation sites is 1. The molecule has 1 saturated carbocycles. The van der Waals surface area contributed by atoms with Crippen LogP contribution < -0.4 is 10.5 Å². The summed E-state index contributed by atoms with van der Waals surface area (Å²) in [4.78, 5) is 2.59. The molecule has 0 aromatic heterocycles. The second-order valence-electron chi connectivity index (χ2n) is 6.20. The fourth-order valence-electron chi connectivity index (χ4n) is 3.10. The van der Waals surface area contributed by atoms with Gasteiger partial charge in [0.1, 0.15) is 5.75 Å². The van der Waals surface area contributed by atoms with Crippen LogP contribution in [0.3, 0.4) is 0 Å². The summed E-state index contributed by atoms with van der Waals surface area (Å²) in [5.74, 6) is 1.83. The smallest absolute Gasteiger partial charge is 0.123 e. The zero-order valence-corrected chi connectivity index (χ0v) is 13.7. The third kappa shape index (κ3) is 4.21. The molecule has 2 rings (SSSR count). The molecule has 1 aliphatic rings. The number of methoxy groups -OCH3 is 1. The fourth-order valence-corrected chi connectivity index (χ4v) is 3.10. The Hall–Kier alpha value is -1.06. The van der Waals surface area contributed by atoms with E-state index in [9.17, 15) is 0 Å². The Kier molecular flexibility index (Phi) is 6.07. The SMILES string of the molecule is CCCN(CC1CC1)C(c1ccccc1OC)C(N)CC. The lowest BCUT2D eigenvalue weighted by Gasteiger charge is -2.36. The van der Waals surface area contributed by atoms with Gasteiger partial charge >= 0.3 is 0 Å². The average Bonchev–Trinajstić information content (AvgIpc) is 3.32. The average molecular weight is 290 g/mol. The second kappa shape index (κ2) is 7.81. The zero-order chi connectivity index (χ0) is 15.2. The number of nitrogens with two attached hydrogens (primary N) is 1. The molecular formula is C18H30N2O. The lowest BCUT2D eigenvalue weighted by molar-refractivity contribution is 0.159. The van der Waals surface area contributed by atoms with Gasteiger partial charge in [-0.15, -0.1) is 0 Å². The van der Waals surface area contributed by atoms with E-state index in [-0.39, 0.29) is 12.1 Å². The van der Waals surface area contributed by atoms with Gasteiger partial charge in [-0.3, -0.25) is 4.90 Å². The molecule has 2 N–H and O–H groups in total. The van der Waals surface area contributed by atoms with Crippen LogP contribution in [0, 0.1) is 5.92 Å². The van der Waals surface area contributed by atoms with Crippen LogP contribution in [0.4, 0.5) is 0 Å². The van der Waals surface area contributed by atoms with Gasteiger partial charge in [-0.25, -0.2) is 0 Å². The van der Waals surface area contributed by atoms with Gasteiger partial charge in [-0.1, -0.05) is 32.0 Å². The van der Waals surface area contributed by atoms with Gasteiger partial charge in [-0.05, 0) is 44.2 Å². The van der Waals surface area contributed by atoms with Crippen LogP contribution in [0.25, 0.3) is 0 Å². The molecule has 1 aliphatic carbocycles. The van der Waals surface area contributed by atoms with E-state index in [1.165, 1.54) is 24.9 Å². The summed E-state index contributed by atoms with van der Waals surface area (Å²) >= 11 is 0. The van der Waals surface area contributed by atoms with Gasteiger partial charge in [0, 0.05) is 18.2 Å². The van der Waals surface area contributed by atoms with Gasteiger partial charge in [0.25, 0.3) is 0 Å². The summed E-state index contributed by atoms with van der Waals surface area (Å²) in [6.07, 6.45) is 4.89. The standard InChI is InChI=1S/C18H30N2O/c1-4-12-20(13-14-10-11-14)18(16(19)5-2)15-8-6-7-9-17(15)21-3/h6-9,14,16,18H,4-5,10-13,19H2,1-3H3. The normalized spacial score (nSPS) is 17.8. The Bertz CT molecular complexity index is 431. The van der Waals surface area contributed by atoms with Crippen LogP contribution in [-0.2, 0) is 0 Å². The van der Waals surface area contributed by atoms with Crippen LogP contribution in [0.1, 0.15) is 51.1 Å². The number of hydrogen-bond acceptors (Lipinski definition) is 3. The first-order valence-corrected chi connectivity index (χ1v) is 8.33. The highest BCUT2D eigenvalue weighted by Crippen LogP contribution is 2.36. The molecule has 118 valence electrons. The van der Waals surface area contributed by atoms with Crippen LogP contribution in [0.5, 0.6) is 5.75 Å². The molecule has 0 spiro atoms. The highest BCUT2D eigenvalue weighted by atomic mass is 16.5. The van der Waals surface area contributed by atoms with Crippen molar-refractivity contribution in [1.29, 1.82) is 0 Å². The molecule has 1 aromatic rings. The van der Waals surface area contributed by atoms with Crippen molar-refractivity contribution in [2.24, 2.45) is 11.7 Å². The highest BCUT2D eigenvalue weighted by molar-refractivity contribution is 5.37. The lowest BCUT2D eigenvalue weighted by atomic mass is 9.94. The van der Waals surface area contributed by atoms with Crippen molar-refractivity contribution in [1.82, 2.24) is 4.90 Å². The molecule has 21 heavy (non-hydrogen) atoms. The molecule has 1 fully saturated rings. The molecule has 2 atom stereocenters. The highest BCUT2D eigenvalue weighted by Gasteiger charge is 2.32. The Balaban J connectivity index is 2.30. The minimum atomic E-state index is 0.145. The topological polar surface area (TPSA) is 38.5 Å². The van der Waals surface area contributed by atoms with E-state index in [2.05, 4.69) is 30.9 Å². The number of ether oxygens (including phenoxy) is 1. The van der Waals surface area contributed by atoms with E-state index in [1.54, 1.807) is 7.11 Å². The van der Waals surface area contributed by atoms with Crippen LogP contribution in [-0.4, -0.2) is 31.1 Å². The molecular weight excluding hydrogens is 260 g/mol. The van der Waals surface area contributed by atoms with Gasteiger partial charge in [0.2, 0.25) is 0 Å². The van der Waals surface area contributed by atoms with Gasteiger partial charge in [-0.2, -0.15) is 0 Å². The minimum Gasteiger partial charge on any atom is -0.496 e. The number of benzene rings is 1. The minimum absolute atomic E-state index is 0.145. The number of hydrogen-bond donors (Lipinski definition) is 1. The summed E-state index contributed by atoms with van der Waals surface area (Å²) in [7, 11) is 1.75. The van der Waals surface area contributed by atoms with Crippen molar-refractivity contribution in [3.05, 3.63) is 29.8 Å². The largest absolute Gasteiger partial charge is 0.496 e. The summed E-state index contributed by atoms with van der Waals surface area (Å²) in [6.45, 7) is 6.70. The van der Waals surface area contributed by atoms with Crippen molar-refractivity contribution >= 4 is 0 Å².